The zero-order valence-corrected chi connectivity index (χ0v) is 10.7. The third-order valence-corrected chi connectivity index (χ3v) is 4.10. The van der Waals surface area contributed by atoms with Crippen molar-refractivity contribution in [3.8, 4) is 6.07 Å². The quantitative estimate of drug-likeness (QED) is 0.786. The molecule has 90 valence electrons. The summed E-state index contributed by atoms with van der Waals surface area (Å²) in [5, 5.41) is 10.1. The lowest BCUT2D eigenvalue weighted by Crippen LogP contribution is -1.95. The van der Waals surface area contributed by atoms with Gasteiger partial charge in [0.15, 0.2) is 5.16 Å². The summed E-state index contributed by atoms with van der Waals surface area (Å²) in [7, 11) is 0. The molecular formula is C14H13N3S. The summed E-state index contributed by atoms with van der Waals surface area (Å²) in [6.07, 6.45) is 6.43. The molecule has 1 aliphatic carbocycles. The minimum atomic E-state index is 0.654. The number of benzene rings is 1. The van der Waals surface area contributed by atoms with Crippen LogP contribution in [0, 0.1) is 11.3 Å². The first-order chi connectivity index (χ1) is 8.88. The second-order valence-corrected chi connectivity index (χ2v) is 5.35. The molecule has 0 amide bonds. The van der Waals surface area contributed by atoms with Gasteiger partial charge in [0.25, 0.3) is 0 Å². The van der Waals surface area contributed by atoms with Crippen molar-refractivity contribution in [1.82, 2.24) is 9.55 Å². The summed E-state index contributed by atoms with van der Waals surface area (Å²) in [4.78, 5) is 4.39. The first-order valence-electron chi connectivity index (χ1n) is 6.02. The monoisotopic (exact) mass is 255 g/mol. The Morgan fingerprint density at radius 2 is 2.22 bits per heavy atom. The molecular weight excluding hydrogens is 242 g/mol. The highest BCUT2D eigenvalue weighted by Gasteiger charge is 2.25. The number of aromatic nitrogens is 2. The fraction of sp³-hybridized carbons (Fsp3) is 0.286. The summed E-state index contributed by atoms with van der Waals surface area (Å²) in [5.74, 6) is 0.799. The van der Waals surface area contributed by atoms with Gasteiger partial charge in [-0.25, -0.2) is 4.98 Å². The van der Waals surface area contributed by atoms with Crippen LogP contribution in [0.2, 0.25) is 0 Å². The minimum Gasteiger partial charge on any atom is -0.323 e. The van der Waals surface area contributed by atoms with Crippen LogP contribution in [0.4, 0.5) is 0 Å². The fourth-order valence-electron chi connectivity index (χ4n) is 1.94. The molecule has 0 bridgehead atoms. The van der Waals surface area contributed by atoms with Gasteiger partial charge in [-0.15, -0.1) is 0 Å². The van der Waals surface area contributed by atoms with E-state index in [0.717, 1.165) is 22.0 Å². The molecule has 4 heteroatoms. The molecule has 0 aliphatic heterocycles. The van der Waals surface area contributed by atoms with Crippen LogP contribution < -0.4 is 0 Å². The summed E-state index contributed by atoms with van der Waals surface area (Å²) >= 11 is 1.71. The average Bonchev–Trinajstić information content (AvgIpc) is 3.16. The lowest BCUT2D eigenvalue weighted by Gasteiger charge is -2.06. The van der Waals surface area contributed by atoms with Gasteiger partial charge in [0, 0.05) is 24.2 Å². The summed E-state index contributed by atoms with van der Waals surface area (Å²) in [6, 6.07) is 10.6. The fourth-order valence-corrected chi connectivity index (χ4v) is 2.97. The Labute approximate surface area is 110 Å². The van der Waals surface area contributed by atoms with Crippen molar-refractivity contribution < 1.29 is 0 Å². The summed E-state index contributed by atoms with van der Waals surface area (Å²) in [5.41, 5.74) is 1.84. The van der Waals surface area contributed by atoms with Gasteiger partial charge in [-0.2, -0.15) is 5.26 Å². The highest BCUT2D eigenvalue weighted by molar-refractivity contribution is 7.98. The largest absolute Gasteiger partial charge is 0.323 e. The van der Waals surface area contributed by atoms with E-state index in [1.165, 1.54) is 12.8 Å². The van der Waals surface area contributed by atoms with Gasteiger partial charge in [-0.3, -0.25) is 0 Å². The maximum absolute atomic E-state index is 9.05. The highest BCUT2D eigenvalue weighted by atomic mass is 32.2. The SMILES string of the molecule is N#Cc1ccccc1CSc1nccn1C1CC1. The molecule has 18 heavy (non-hydrogen) atoms. The van der Waals surface area contributed by atoms with Gasteiger partial charge < -0.3 is 4.57 Å². The molecule has 1 saturated carbocycles. The molecule has 2 aromatic rings. The highest BCUT2D eigenvalue weighted by Crippen LogP contribution is 2.38. The van der Waals surface area contributed by atoms with Crippen LogP contribution in [0.15, 0.2) is 41.8 Å². The topological polar surface area (TPSA) is 41.6 Å². The van der Waals surface area contributed by atoms with Crippen LogP contribution >= 0.6 is 11.8 Å². The molecule has 0 unspecified atom stereocenters. The number of hydrogen-bond acceptors (Lipinski definition) is 3. The van der Waals surface area contributed by atoms with E-state index in [1.807, 2.05) is 30.5 Å². The molecule has 3 nitrogen and oxygen atoms in total. The molecule has 1 aliphatic rings. The summed E-state index contributed by atoms with van der Waals surface area (Å²) < 4.78 is 2.25. The molecule has 1 fully saturated rings. The van der Waals surface area contributed by atoms with Gasteiger partial charge in [0.1, 0.15) is 0 Å². The molecule has 3 rings (SSSR count). The standard InChI is InChI=1S/C14H13N3S/c15-9-11-3-1-2-4-12(11)10-18-14-16-7-8-17(14)13-5-6-13/h1-4,7-8,13H,5-6,10H2. The zero-order valence-electron chi connectivity index (χ0n) is 9.91. The first-order valence-corrected chi connectivity index (χ1v) is 7.00. The van der Waals surface area contributed by atoms with E-state index >= 15 is 0 Å². The van der Waals surface area contributed by atoms with Gasteiger partial charge in [0.2, 0.25) is 0 Å². The summed E-state index contributed by atoms with van der Waals surface area (Å²) in [6.45, 7) is 0. The number of hydrogen-bond donors (Lipinski definition) is 0. The number of rotatable bonds is 4. The Bertz CT molecular complexity index is 593. The van der Waals surface area contributed by atoms with E-state index in [2.05, 4.69) is 21.8 Å². The lowest BCUT2D eigenvalue weighted by molar-refractivity contribution is 0.663. The zero-order chi connectivity index (χ0) is 12.4. The van der Waals surface area contributed by atoms with Crippen LogP contribution in [0.3, 0.4) is 0 Å². The van der Waals surface area contributed by atoms with E-state index in [1.54, 1.807) is 11.8 Å². The Hall–Kier alpha value is -1.73. The predicted molar refractivity (Wildman–Crippen MR) is 71.2 cm³/mol. The number of nitrogens with zero attached hydrogens (tertiary/aromatic N) is 3. The third kappa shape index (κ3) is 2.27. The van der Waals surface area contributed by atoms with Gasteiger partial charge in [0.05, 0.1) is 11.6 Å². The molecule has 1 aromatic carbocycles. The molecule has 0 atom stereocenters. The first kappa shape index (κ1) is 11.4. The average molecular weight is 255 g/mol. The van der Waals surface area contributed by atoms with Crippen LogP contribution in [-0.2, 0) is 5.75 Å². The van der Waals surface area contributed by atoms with Crippen molar-refractivity contribution >= 4 is 11.8 Å². The number of thioether (sulfide) groups is 1. The van der Waals surface area contributed by atoms with E-state index in [0.29, 0.717) is 6.04 Å². The number of nitriles is 1. The van der Waals surface area contributed by atoms with Crippen LogP contribution in [0.1, 0.15) is 30.0 Å². The van der Waals surface area contributed by atoms with Crippen molar-refractivity contribution in [1.29, 1.82) is 5.26 Å². The Balaban J connectivity index is 1.74. The van der Waals surface area contributed by atoms with Gasteiger partial charge in [-0.1, -0.05) is 30.0 Å². The van der Waals surface area contributed by atoms with E-state index in [4.69, 9.17) is 5.26 Å². The smallest absolute Gasteiger partial charge is 0.168 e. The molecule has 0 saturated heterocycles. The van der Waals surface area contributed by atoms with Crippen molar-refractivity contribution in [2.75, 3.05) is 0 Å². The van der Waals surface area contributed by atoms with E-state index in [-0.39, 0.29) is 0 Å². The second-order valence-electron chi connectivity index (χ2n) is 4.41. The molecule has 1 aromatic heterocycles. The van der Waals surface area contributed by atoms with Crippen molar-refractivity contribution in [3.63, 3.8) is 0 Å². The molecule has 1 heterocycles. The van der Waals surface area contributed by atoms with Gasteiger partial charge in [-0.05, 0) is 24.5 Å². The van der Waals surface area contributed by atoms with Crippen molar-refractivity contribution in [3.05, 3.63) is 47.8 Å². The maximum atomic E-state index is 9.05. The predicted octanol–water partition coefficient (Wildman–Crippen LogP) is 3.38. The number of imidazole rings is 1. The minimum absolute atomic E-state index is 0.654. The van der Waals surface area contributed by atoms with Crippen LogP contribution in [0.25, 0.3) is 0 Å². The van der Waals surface area contributed by atoms with Crippen LogP contribution in [0.5, 0.6) is 0 Å². The lowest BCUT2D eigenvalue weighted by atomic mass is 10.1. The van der Waals surface area contributed by atoms with Crippen molar-refractivity contribution in [2.24, 2.45) is 0 Å². The van der Waals surface area contributed by atoms with Gasteiger partial charge >= 0.3 is 0 Å². The van der Waals surface area contributed by atoms with Crippen LogP contribution in [-0.4, -0.2) is 9.55 Å². The Morgan fingerprint density at radius 3 is 3.00 bits per heavy atom. The molecule has 0 N–H and O–H groups in total. The van der Waals surface area contributed by atoms with E-state index in [9.17, 15) is 0 Å². The molecule has 0 radical (unpaired) electrons. The molecule has 0 spiro atoms. The Morgan fingerprint density at radius 1 is 1.39 bits per heavy atom. The Kier molecular flexibility index (Phi) is 3.07. The normalized spacial score (nSPS) is 14.4. The second kappa shape index (κ2) is 4.87. The third-order valence-electron chi connectivity index (χ3n) is 3.07. The van der Waals surface area contributed by atoms with Crippen molar-refractivity contribution in [2.45, 2.75) is 29.8 Å². The van der Waals surface area contributed by atoms with E-state index < -0.39 is 0 Å². The maximum Gasteiger partial charge on any atom is 0.168 e.